The molecule has 0 atom stereocenters. The zero-order valence-corrected chi connectivity index (χ0v) is 8.45. The molecule has 72 valence electrons. The highest BCUT2D eigenvalue weighted by atomic mass is 16.3. The third-order valence-corrected chi connectivity index (χ3v) is 1.83. The topological polar surface area (TPSA) is 26.5 Å². The van der Waals surface area contributed by atoms with Gasteiger partial charge in [0.1, 0.15) is 13.7 Å². The van der Waals surface area contributed by atoms with Crippen LogP contribution in [0.15, 0.2) is 0 Å². The van der Waals surface area contributed by atoms with Gasteiger partial charge in [0.15, 0.2) is 12.8 Å². The Bertz CT molecular complexity index is 134. The second kappa shape index (κ2) is 7.25. The van der Waals surface area contributed by atoms with Crippen LogP contribution in [0.2, 0.25) is 0 Å². The van der Waals surface area contributed by atoms with E-state index in [0.29, 0.717) is 0 Å². The molecule has 0 bridgehead atoms. The lowest BCUT2D eigenvalue weighted by Gasteiger charge is -2.12. The van der Waals surface area contributed by atoms with Gasteiger partial charge in [-0.2, -0.15) is 0 Å². The van der Waals surface area contributed by atoms with Gasteiger partial charge in [-0.3, -0.25) is 0 Å². The third kappa shape index (κ3) is 6.31. The summed E-state index contributed by atoms with van der Waals surface area (Å²) in [5.41, 5.74) is 0. The average molecular weight is 173 g/mol. The number of rotatable bonds is 6. The van der Waals surface area contributed by atoms with Crippen molar-refractivity contribution >= 4 is 6.21 Å². The summed E-state index contributed by atoms with van der Waals surface area (Å²) in [5, 5.41) is 8.59. The van der Waals surface area contributed by atoms with E-state index in [1.807, 2.05) is 11.6 Å². The van der Waals surface area contributed by atoms with E-state index in [1.165, 1.54) is 6.42 Å². The van der Waals surface area contributed by atoms with Crippen molar-refractivity contribution in [2.45, 2.75) is 13.3 Å². The molecule has 3 heteroatoms. The van der Waals surface area contributed by atoms with Gasteiger partial charge >= 0.3 is 0 Å². The molecular weight excluding hydrogens is 152 g/mol. The molecule has 0 aliphatic rings. The van der Waals surface area contributed by atoms with Gasteiger partial charge in [-0.25, -0.2) is 4.58 Å². The molecule has 0 fully saturated rings. The predicted octanol–water partition coefficient (Wildman–Crippen LogP) is 0.0336. The van der Waals surface area contributed by atoms with E-state index >= 15 is 0 Å². The first-order valence-electron chi connectivity index (χ1n) is 4.53. The number of hydrogen-bond donors (Lipinski definition) is 1. The van der Waals surface area contributed by atoms with Crippen molar-refractivity contribution in [1.29, 1.82) is 0 Å². The summed E-state index contributed by atoms with van der Waals surface area (Å²) < 4.78 is 2.02. The maximum atomic E-state index is 8.59. The van der Waals surface area contributed by atoms with Gasteiger partial charge in [0, 0.05) is 0 Å². The average Bonchev–Trinajstić information content (AvgIpc) is 2.02. The molecule has 0 amide bonds. The summed E-state index contributed by atoms with van der Waals surface area (Å²) >= 11 is 0. The molecule has 0 rings (SSSR count). The molecule has 3 nitrogen and oxygen atoms in total. The molecule has 1 N–H and O–H groups in total. The van der Waals surface area contributed by atoms with Crippen LogP contribution in [0, 0.1) is 0 Å². The van der Waals surface area contributed by atoms with Crippen molar-refractivity contribution in [2.24, 2.45) is 0 Å². The van der Waals surface area contributed by atoms with Crippen molar-refractivity contribution in [3.63, 3.8) is 0 Å². The van der Waals surface area contributed by atoms with Gasteiger partial charge in [0.05, 0.1) is 6.54 Å². The molecule has 0 aromatic carbocycles. The summed E-state index contributed by atoms with van der Waals surface area (Å²) in [6.07, 6.45) is 2.99. The van der Waals surface area contributed by atoms with Gasteiger partial charge < -0.3 is 10.0 Å². The molecule has 0 saturated heterocycles. The number of aliphatic hydroxyl groups is 1. The van der Waals surface area contributed by atoms with Crippen LogP contribution in [0.5, 0.6) is 0 Å². The van der Waals surface area contributed by atoms with E-state index in [2.05, 4.69) is 18.9 Å². The van der Waals surface area contributed by atoms with Gasteiger partial charge in [-0.1, -0.05) is 6.92 Å². The molecule has 0 aliphatic heterocycles. The lowest BCUT2D eigenvalue weighted by molar-refractivity contribution is -0.494. The van der Waals surface area contributed by atoms with E-state index in [-0.39, 0.29) is 6.61 Å². The summed E-state index contributed by atoms with van der Waals surface area (Å²) in [7, 11) is 4.10. The highest BCUT2D eigenvalue weighted by Crippen LogP contribution is 1.84. The summed E-state index contributed by atoms with van der Waals surface area (Å²) in [5.74, 6) is 0. The van der Waals surface area contributed by atoms with Crippen molar-refractivity contribution in [3.05, 3.63) is 0 Å². The van der Waals surface area contributed by atoms with Crippen LogP contribution >= 0.6 is 0 Å². The van der Waals surface area contributed by atoms with E-state index in [0.717, 1.165) is 19.6 Å². The highest BCUT2D eigenvalue weighted by molar-refractivity contribution is 5.51. The van der Waals surface area contributed by atoms with E-state index < -0.39 is 0 Å². The number of likely N-dealkylation sites (N-methyl/N-ethyl adjacent to an activating group) is 2. The second-order valence-corrected chi connectivity index (χ2v) is 3.15. The summed E-state index contributed by atoms with van der Waals surface area (Å²) in [4.78, 5) is 2.29. The second-order valence-electron chi connectivity index (χ2n) is 3.15. The lowest BCUT2D eigenvalue weighted by Crippen LogP contribution is -2.27. The van der Waals surface area contributed by atoms with Crippen molar-refractivity contribution in [1.82, 2.24) is 4.90 Å². The molecule has 0 aromatic heterocycles. The SMILES string of the molecule is CCCN(C)CC/[N+](C)=C/CO. The van der Waals surface area contributed by atoms with Crippen LogP contribution in [-0.4, -0.2) is 61.1 Å². The fourth-order valence-corrected chi connectivity index (χ4v) is 1.05. The van der Waals surface area contributed by atoms with E-state index in [9.17, 15) is 0 Å². The maximum absolute atomic E-state index is 8.59. The minimum Gasteiger partial charge on any atom is -0.386 e. The van der Waals surface area contributed by atoms with Crippen molar-refractivity contribution in [3.8, 4) is 0 Å². The third-order valence-electron chi connectivity index (χ3n) is 1.83. The monoisotopic (exact) mass is 173 g/mol. The molecule has 0 aromatic rings. The Morgan fingerprint density at radius 2 is 2.08 bits per heavy atom. The van der Waals surface area contributed by atoms with Crippen LogP contribution < -0.4 is 0 Å². The summed E-state index contributed by atoms with van der Waals surface area (Å²) in [6, 6.07) is 0. The van der Waals surface area contributed by atoms with Gasteiger partial charge in [0.2, 0.25) is 0 Å². The molecular formula is C9H21N2O+. The van der Waals surface area contributed by atoms with Crippen LogP contribution in [0.25, 0.3) is 0 Å². The molecule has 0 aliphatic carbocycles. The Balaban J connectivity index is 3.46. The maximum Gasteiger partial charge on any atom is 0.165 e. The zero-order valence-electron chi connectivity index (χ0n) is 8.45. The largest absolute Gasteiger partial charge is 0.386 e. The fraction of sp³-hybridized carbons (Fsp3) is 0.889. The number of hydrogen-bond acceptors (Lipinski definition) is 2. The Hall–Kier alpha value is -0.410. The quantitative estimate of drug-likeness (QED) is 0.453. The van der Waals surface area contributed by atoms with Crippen LogP contribution in [-0.2, 0) is 0 Å². The minimum absolute atomic E-state index is 0.133. The molecule has 0 radical (unpaired) electrons. The Labute approximate surface area is 75.3 Å². The first-order chi connectivity index (χ1) is 5.70. The van der Waals surface area contributed by atoms with Crippen LogP contribution in [0.1, 0.15) is 13.3 Å². The predicted molar refractivity (Wildman–Crippen MR) is 52.0 cm³/mol. The number of nitrogens with zero attached hydrogens (tertiary/aromatic N) is 2. The fourth-order valence-electron chi connectivity index (χ4n) is 1.05. The van der Waals surface area contributed by atoms with Crippen LogP contribution in [0.3, 0.4) is 0 Å². The number of aliphatic hydroxyl groups excluding tert-OH is 1. The van der Waals surface area contributed by atoms with Gasteiger partial charge in [0.25, 0.3) is 0 Å². The normalized spacial score (nSPS) is 12.6. The van der Waals surface area contributed by atoms with Crippen molar-refractivity contribution < 1.29 is 9.68 Å². The molecule has 0 saturated carbocycles. The zero-order chi connectivity index (χ0) is 9.40. The van der Waals surface area contributed by atoms with Crippen LogP contribution in [0.4, 0.5) is 0 Å². The minimum atomic E-state index is 0.133. The molecule has 0 unspecified atom stereocenters. The van der Waals surface area contributed by atoms with Gasteiger partial charge in [-0.15, -0.1) is 0 Å². The lowest BCUT2D eigenvalue weighted by atomic mass is 10.4. The van der Waals surface area contributed by atoms with Gasteiger partial charge in [-0.05, 0) is 20.0 Å². The standard InChI is InChI=1S/C9H21N2O/c1-4-5-10(2)6-7-11(3)8-9-12/h8,12H,4-7,9H2,1-3H3/q+1/b11-8+. The Morgan fingerprint density at radius 1 is 1.42 bits per heavy atom. The molecule has 0 heterocycles. The molecule has 0 spiro atoms. The Morgan fingerprint density at radius 3 is 2.58 bits per heavy atom. The first-order valence-corrected chi connectivity index (χ1v) is 4.53. The van der Waals surface area contributed by atoms with E-state index in [4.69, 9.17) is 5.11 Å². The first kappa shape index (κ1) is 11.6. The van der Waals surface area contributed by atoms with E-state index in [1.54, 1.807) is 6.21 Å². The highest BCUT2D eigenvalue weighted by Gasteiger charge is 1.99. The smallest absolute Gasteiger partial charge is 0.165 e. The Kier molecular flexibility index (Phi) is 7.00. The summed E-state index contributed by atoms with van der Waals surface area (Å²) in [6.45, 7) is 5.50. The molecule has 12 heavy (non-hydrogen) atoms. The van der Waals surface area contributed by atoms with Crippen molar-refractivity contribution in [2.75, 3.05) is 40.3 Å².